The van der Waals surface area contributed by atoms with Gasteiger partial charge in [-0.25, -0.2) is 4.79 Å². The van der Waals surface area contributed by atoms with E-state index in [9.17, 15) is 18.0 Å². The van der Waals surface area contributed by atoms with Crippen LogP contribution in [0, 0.1) is 0 Å². The molecule has 0 aliphatic heterocycles. The molecule has 100 valence electrons. The summed E-state index contributed by atoms with van der Waals surface area (Å²) in [4.78, 5) is 10.7. The van der Waals surface area contributed by atoms with Crippen LogP contribution in [0.1, 0.15) is 10.4 Å². The van der Waals surface area contributed by atoms with Crippen LogP contribution in [0.3, 0.4) is 0 Å². The zero-order valence-electron chi connectivity index (χ0n) is 8.83. The molecule has 1 rings (SSSR count). The molecule has 0 spiro atoms. The standard InChI is InChI=1S/C10H8BrF3O3S/c11-7-2-1-6(9(15)16)5-8(7)17-3-4-18-10(12,13)14/h1-2,5H,3-4H2,(H,15,16). The van der Waals surface area contributed by atoms with Crippen LogP contribution >= 0.6 is 27.7 Å². The number of ether oxygens (including phenoxy) is 1. The van der Waals surface area contributed by atoms with Gasteiger partial charge in [-0.15, -0.1) is 0 Å². The van der Waals surface area contributed by atoms with Crippen molar-refractivity contribution < 1.29 is 27.8 Å². The maximum Gasteiger partial charge on any atom is 0.441 e. The fourth-order valence-electron chi connectivity index (χ4n) is 1.06. The van der Waals surface area contributed by atoms with E-state index in [1.54, 1.807) is 0 Å². The van der Waals surface area contributed by atoms with E-state index in [1.807, 2.05) is 0 Å². The molecule has 0 unspecified atom stereocenters. The molecule has 0 saturated carbocycles. The predicted octanol–water partition coefficient (Wildman–Crippen LogP) is 3.78. The van der Waals surface area contributed by atoms with Crippen LogP contribution < -0.4 is 4.74 Å². The van der Waals surface area contributed by atoms with Crippen LogP contribution in [0.2, 0.25) is 0 Å². The maximum atomic E-state index is 11.9. The van der Waals surface area contributed by atoms with Crippen molar-refractivity contribution in [3.8, 4) is 5.75 Å². The molecule has 0 amide bonds. The minimum absolute atomic E-state index is 0.0108. The zero-order chi connectivity index (χ0) is 13.8. The van der Waals surface area contributed by atoms with Crippen LogP contribution in [0.25, 0.3) is 0 Å². The lowest BCUT2D eigenvalue weighted by molar-refractivity contribution is -0.0329. The summed E-state index contributed by atoms with van der Waals surface area (Å²) in [5.41, 5.74) is -4.28. The number of carbonyl (C=O) groups is 1. The van der Waals surface area contributed by atoms with Gasteiger partial charge in [0.05, 0.1) is 16.6 Å². The Morgan fingerprint density at radius 1 is 1.44 bits per heavy atom. The summed E-state index contributed by atoms with van der Waals surface area (Å²) in [6, 6.07) is 4.09. The van der Waals surface area contributed by atoms with Crippen molar-refractivity contribution in [1.29, 1.82) is 0 Å². The van der Waals surface area contributed by atoms with Gasteiger partial charge in [0.15, 0.2) is 0 Å². The number of alkyl halides is 3. The molecule has 1 aromatic carbocycles. The van der Waals surface area contributed by atoms with E-state index in [4.69, 9.17) is 9.84 Å². The second-order valence-corrected chi connectivity index (χ2v) is 5.11. The number of hydrogen-bond donors (Lipinski definition) is 1. The number of thioether (sulfide) groups is 1. The van der Waals surface area contributed by atoms with E-state index in [0.717, 1.165) is 0 Å². The first-order chi connectivity index (χ1) is 8.29. The molecule has 0 saturated heterocycles. The Kier molecular flexibility index (Phi) is 5.33. The Balaban J connectivity index is 2.56. The Hall–Kier alpha value is -0.890. The number of halogens is 4. The van der Waals surface area contributed by atoms with Crippen molar-refractivity contribution >= 4 is 33.7 Å². The van der Waals surface area contributed by atoms with E-state index in [-0.39, 0.29) is 35.4 Å². The molecule has 18 heavy (non-hydrogen) atoms. The van der Waals surface area contributed by atoms with Crippen LogP contribution in [-0.2, 0) is 0 Å². The van der Waals surface area contributed by atoms with Crippen LogP contribution in [-0.4, -0.2) is 28.9 Å². The number of aromatic carboxylic acids is 1. The fraction of sp³-hybridized carbons (Fsp3) is 0.300. The highest BCUT2D eigenvalue weighted by Gasteiger charge is 2.27. The third kappa shape index (κ3) is 5.18. The molecule has 0 aromatic heterocycles. The van der Waals surface area contributed by atoms with Crippen molar-refractivity contribution in [3.05, 3.63) is 28.2 Å². The number of rotatable bonds is 5. The van der Waals surface area contributed by atoms with Gasteiger partial charge >= 0.3 is 11.5 Å². The summed E-state index contributed by atoms with van der Waals surface area (Å²) < 4.78 is 41.1. The van der Waals surface area contributed by atoms with Crippen LogP contribution in [0.15, 0.2) is 22.7 Å². The molecule has 8 heteroatoms. The lowest BCUT2D eigenvalue weighted by Gasteiger charge is -2.09. The normalized spacial score (nSPS) is 11.3. The molecule has 0 heterocycles. The summed E-state index contributed by atoms with van der Waals surface area (Å²) >= 11 is 2.94. The lowest BCUT2D eigenvalue weighted by atomic mass is 10.2. The first-order valence-corrected chi connectivity index (χ1v) is 6.44. The highest BCUT2D eigenvalue weighted by Crippen LogP contribution is 2.30. The highest BCUT2D eigenvalue weighted by molar-refractivity contribution is 9.10. The first-order valence-electron chi connectivity index (χ1n) is 4.66. The molecule has 0 aliphatic carbocycles. The van der Waals surface area contributed by atoms with Crippen molar-refractivity contribution in [2.24, 2.45) is 0 Å². The summed E-state index contributed by atoms with van der Waals surface area (Å²) in [5, 5.41) is 8.75. The molecular weight excluding hydrogens is 337 g/mol. The number of carboxylic acids is 1. The average molecular weight is 345 g/mol. The van der Waals surface area contributed by atoms with Gasteiger partial charge in [0, 0.05) is 5.75 Å². The van der Waals surface area contributed by atoms with Crippen LogP contribution in [0.4, 0.5) is 13.2 Å². The molecule has 1 aromatic rings. The maximum absolute atomic E-state index is 11.9. The lowest BCUT2D eigenvalue weighted by Crippen LogP contribution is -2.08. The van der Waals surface area contributed by atoms with Gasteiger partial charge in [-0.1, -0.05) is 0 Å². The Morgan fingerprint density at radius 3 is 2.67 bits per heavy atom. The predicted molar refractivity (Wildman–Crippen MR) is 65.1 cm³/mol. The van der Waals surface area contributed by atoms with E-state index in [0.29, 0.717) is 4.47 Å². The van der Waals surface area contributed by atoms with Crippen molar-refractivity contribution in [2.75, 3.05) is 12.4 Å². The molecule has 0 fully saturated rings. The minimum Gasteiger partial charge on any atom is -0.492 e. The number of benzene rings is 1. The van der Waals surface area contributed by atoms with E-state index >= 15 is 0 Å². The third-order valence-electron chi connectivity index (χ3n) is 1.78. The topological polar surface area (TPSA) is 46.5 Å². The monoisotopic (exact) mass is 344 g/mol. The van der Waals surface area contributed by atoms with E-state index in [1.165, 1.54) is 18.2 Å². The molecule has 0 radical (unpaired) electrons. The molecule has 1 N–H and O–H groups in total. The van der Waals surface area contributed by atoms with Gasteiger partial charge < -0.3 is 9.84 Å². The second-order valence-electron chi connectivity index (χ2n) is 3.09. The number of hydrogen-bond acceptors (Lipinski definition) is 3. The quantitative estimate of drug-likeness (QED) is 0.825. The molecular formula is C10H8BrF3O3S. The largest absolute Gasteiger partial charge is 0.492 e. The van der Waals surface area contributed by atoms with Gasteiger partial charge in [-0.2, -0.15) is 13.2 Å². The van der Waals surface area contributed by atoms with Gasteiger partial charge in [-0.3, -0.25) is 0 Å². The summed E-state index contributed by atoms with van der Waals surface area (Å²) in [7, 11) is 0. The fourth-order valence-corrected chi connectivity index (χ4v) is 1.82. The van der Waals surface area contributed by atoms with Gasteiger partial charge in [0.2, 0.25) is 0 Å². The SMILES string of the molecule is O=C(O)c1ccc(Br)c(OCCSC(F)(F)F)c1. The molecule has 0 atom stereocenters. The Labute approximate surface area is 113 Å². The van der Waals surface area contributed by atoms with Gasteiger partial charge in [0.25, 0.3) is 0 Å². The molecule has 3 nitrogen and oxygen atoms in total. The summed E-state index contributed by atoms with van der Waals surface area (Å²) in [6.07, 6.45) is 0. The highest BCUT2D eigenvalue weighted by atomic mass is 79.9. The minimum atomic E-state index is -4.29. The van der Waals surface area contributed by atoms with Gasteiger partial charge in [-0.05, 0) is 45.9 Å². The van der Waals surface area contributed by atoms with Crippen molar-refractivity contribution in [1.82, 2.24) is 0 Å². The smallest absolute Gasteiger partial charge is 0.441 e. The van der Waals surface area contributed by atoms with E-state index in [2.05, 4.69) is 15.9 Å². The van der Waals surface area contributed by atoms with Crippen molar-refractivity contribution in [2.45, 2.75) is 5.51 Å². The summed E-state index contributed by atoms with van der Waals surface area (Å²) in [5.74, 6) is -1.18. The van der Waals surface area contributed by atoms with E-state index < -0.39 is 11.5 Å². The average Bonchev–Trinajstić information content (AvgIpc) is 2.24. The Bertz CT molecular complexity index is 437. The second kappa shape index (κ2) is 6.33. The summed E-state index contributed by atoms with van der Waals surface area (Å²) in [6.45, 7) is -0.161. The molecule has 0 aliphatic rings. The van der Waals surface area contributed by atoms with Crippen molar-refractivity contribution in [3.63, 3.8) is 0 Å². The Morgan fingerprint density at radius 2 is 2.11 bits per heavy atom. The van der Waals surface area contributed by atoms with Gasteiger partial charge in [0.1, 0.15) is 5.75 Å². The molecule has 0 bridgehead atoms. The first kappa shape index (κ1) is 15.2. The van der Waals surface area contributed by atoms with Crippen LogP contribution in [0.5, 0.6) is 5.75 Å². The third-order valence-corrected chi connectivity index (χ3v) is 3.14. The number of carboxylic acid groups (broad SMARTS) is 1. The zero-order valence-corrected chi connectivity index (χ0v) is 11.2.